The van der Waals surface area contributed by atoms with Gasteiger partial charge in [-0.1, -0.05) is 0 Å². The van der Waals surface area contributed by atoms with Gasteiger partial charge in [0.05, 0.1) is 6.61 Å². The number of imidazole rings is 1. The van der Waals surface area contributed by atoms with Crippen molar-refractivity contribution in [1.82, 2.24) is 19.4 Å². The van der Waals surface area contributed by atoms with Crippen LogP contribution in [-0.4, -0.2) is 72.2 Å². The second-order valence-corrected chi connectivity index (χ2v) is 6.13. The third-order valence-electron chi connectivity index (χ3n) is 4.38. The lowest BCUT2D eigenvalue weighted by molar-refractivity contribution is -0.133. The lowest BCUT2D eigenvalue weighted by atomic mass is 10.0. The summed E-state index contributed by atoms with van der Waals surface area (Å²) in [5.74, 6) is 1.21. The van der Waals surface area contributed by atoms with Gasteiger partial charge < -0.3 is 19.1 Å². The number of aromatic nitrogens is 2. The van der Waals surface area contributed by atoms with Crippen molar-refractivity contribution in [3.05, 3.63) is 18.2 Å². The number of likely N-dealkylation sites (tertiary alicyclic amines) is 1. The third kappa shape index (κ3) is 4.55. The molecule has 22 heavy (non-hydrogen) atoms. The third-order valence-corrected chi connectivity index (χ3v) is 4.38. The van der Waals surface area contributed by atoms with E-state index in [1.54, 1.807) is 13.3 Å². The molecule has 1 aliphatic heterocycles. The first-order chi connectivity index (χ1) is 10.6. The molecule has 1 aromatic heterocycles. The van der Waals surface area contributed by atoms with Gasteiger partial charge in [-0.3, -0.25) is 4.79 Å². The molecule has 0 unspecified atom stereocenters. The highest BCUT2D eigenvalue weighted by atomic mass is 16.5. The van der Waals surface area contributed by atoms with Crippen molar-refractivity contribution < 1.29 is 9.53 Å². The molecule has 1 fully saturated rings. The molecule has 1 saturated heterocycles. The second kappa shape index (κ2) is 8.29. The van der Waals surface area contributed by atoms with Gasteiger partial charge in [0.2, 0.25) is 5.91 Å². The second-order valence-electron chi connectivity index (χ2n) is 6.13. The maximum atomic E-state index is 12.4. The van der Waals surface area contributed by atoms with Crippen LogP contribution in [0.25, 0.3) is 0 Å². The van der Waals surface area contributed by atoms with E-state index in [0.29, 0.717) is 25.5 Å². The summed E-state index contributed by atoms with van der Waals surface area (Å²) >= 11 is 0. The molecule has 0 spiro atoms. The number of rotatable bonds is 7. The minimum Gasteiger partial charge on any atom is -0.383 e. The van der Waals surface area contributed by atoms with Crippen LogP contribution in [0.4, 0.5) is 0 Å². The lowest BCUT2D eigenvalue weighted by Gasteiger charge is -2.36. The lowest BCUT2D eigenvalue weighted by Crippen LogP contribution is -2.47. The highest BCUT2D eigenvalue weighted by Gasteiger charge is 2.24. The molecule has 1 aliphatic rings. The molecule has 0 saturated carbocycles. The Morgan fingerprint density at radius 1 is 1.50 bits per heavy atom. The minimum atomic E-state index is 0.243. The fraction of sp³-hybridized carbons (Fsp3) is 0.750. The Morgan fingerprint density at radius 2 is 2.32 bits per heavy atom. The summed E-state index contributed by atoms with van der Waals surface area (Å²) in [7, 11) is 5.87. The molecule has 0 aliphatic carbocycles. The van der Waals surface area contributed by atoms with Gasteiger partial charge in [0, 0.05) is 58.0 Å². The molecule has 0 bridgehead atoms. The summed E-state index contributed by atoms with van der Waals surface area (Å²) in [6, 6.07) is 0.487. The Labute approximate surface area is 133 Å². The van der Waals surface area contributed by atoms with Crippen LogP contribution in [0.2, 0.25) is 0 Å². The average molecular weight is 308 g/mol. The first kappa shape index (κ1) is 17.0. The highest BCUT2D eigenvalue weighted by molar-refractivity contribution is 5.76. The predicted molar refractivity (Wildman–Crippen MR) is 85.7 cm³/mol. The maximum Gasteiger partial charge on any atom is 0.223 e. The van der Waals surface area contributed by atoms with Gasteiger partial charge in [0.25, 0.3) is 0 Å². The van der Waals surface area contributed by atoms with E-state index in [1.807, 2.05) is 11.1 Å². The fourth-order valence-corrected chi connectivity index (χ4v) is 2.94. The van der Waals surface area contributed by atoms with Crippen molar-refractivity contribution >= 4 is 5.91 Å². The van der Waals surface area contributed by atoms with E-state index < -0.39 is 0 Å². The predicted octanol–water partition coefficient (Wildman–Crippen LogP) is 1.01. The van der Waals surface area contributed by atoms with Crippen molar-refractivity contribution in [2.24, 2.45) is 0 Å². The highest BCUT2D eigenvalue weighted by Crippen LogP contribution is 2.15. The molecule has 0 radical (unpaired) electrons. The number of hydrogen-bond donors (Lipinski definition) is 0. The SMILES string of the molecule is COCCn1ccnc1CCC(=O)N1CCC[C@@H](N(C)C)C1. The Bertz CT molecular complexity index is 472. The smallest absolute Gasteiger partial charge is 0.223 e. The van der Waals surface area contributed by atoms with Crippen molar-refractivity contribution in [3.8, 4) is 0 Å². The Hall–Kier alpha value is -1.40. The van der Waals surface area contributed by atoms with Gasteiger partial charge in [0.15, 0.2) is 0 Å². The molecule has 6 nitrogen and oxygen atoms in total. The normalized spacial score (nSPS) is 18.9. The number of amides is 1. The van der Waals surface area contributed by atoms with Crippen molar-refractivity contribution in [1.29, 1.82) is 0 Å². The van der Waals surface area contributed by atoms with E-state index in [-0.39, 0.29) is 5.91 Å². The summed E-state index contributed by atoms with van der Waals surface area (Å²) in [6.45, 7) is 3.19. The van der Waals surface area contributed by atoms with E-state index in [4.69, 9.17) is 4.74 Å². The van der Waals surface area contributed by atoms with Crippen molar-refractivity contribution in [2.75, 3.05) is 40.9 Å². The van der Waals surface area contributed by atoms with Gasteiger partial charge in [0.1, 0.15) is 5.82 Å². The van der Waals surface area contributed by atoms with Crippen LogP contribution in [0.1, 0.15) is 25.1 Å². The summed E-state index contributed by atoms with van der Waals surface area (Å²) in [6.07, 6.45) is 7.23. The number of methoxy groups -OCH3 is 1. The Kier molecular flexibility index (Phi) is 6.39. The van der Waals surface area contributed by atoms with Gasteiger partial charge in [-0.25, -0.2) is 4.98 Å². The first-order valence-corrected chi connectivity index (χ1v) is 8.05. The zero-order valence-corrected chi connectivity index (χ0v) is 14.0. The van der Waals surface area contributed by atoms with E-state index >= 15 is 0 Å². The zero-order valence-electron chi connectivity index (χ0n) is 14.0. The molecule has 0 aromatic carbocycles. The summed E-state index contributed by atoms with van der Waals surface area (Å²) in [5, 5.41) is 0. The first-order valence-electron chi connectivity index (χ1n) is 8.05. The number of piperidine rings is 1. The zero-order chi connectivity index (χ0) is 15.9. The van der Waals surface area contributed by atoms with E-state index in [0.717, 1.165) is 31.9 Å². The van der Waals surface area contributed by atoms with Crippen LogP contribution in [-0.2, 0) is 22.5 Å². The van der Waals surface area contributed by atoms with Gasteiger partial charge in [-0.2, -0.15) is 0 Å². The van der Waals surface area contributed by atoms with Crippen LogP contribution in [0, 0.1) is 0 Å². The quantitative estimate of drug-likeness (QED) is 0.754. The molecule has 2 heterocycles. The molecule has 0 N–H and O–H groups in total. The van der Waals surface area contributed by atoms with Crippen LogP contribution >= 0.6 is 0 Å². The maximum absolute atomic E-state index is 12.4. The van der Waals surface area contributed by atoms with Crippen LogP contribution in [0.3, 0.4) is 0 Å². The monoisotopic (exact) mass is 308 g/mol. The standard InChI is InChI=1S/C16H28N4O2/c1-18(2)14-5-4-9-20(13-14)16(21)7-6-15-17-8-10-19(15)11-12-22-3/h8,10,14H,4-7,9,11-13H2,1-3H3/t14-/m1/s1. The van der Waals surface area contributed by atoms with Crippen molar-refractivity contribution in [3.63, 3.8) is 0 Å². The van der Waals surface area contributed by atoms with Gasteiger partial charge in [-0.15, -0.1) is 0 Å². The average Bonchev–Trinajstić information content (AvgIpc) is 2.98. The molecule has 124 valence electrons. The Morgan fingerprint density at radius 3 is 3.05 bits per heavy atom. The number of likely N-dealkylation sites (N-methyl/N-ethyl adjacent to an activating group) is 1. The minimum absolute atomic E-state index is 0.243. The summed E-state index contributed by atoms with van der Waals surface area (Å²) < 4.78 is 7.16. The van der Waals surface area contributed by atoms with Crippen LogP contribution in [0.15, 0.2) is 12.4 Å². The van der Waals surface area contributed by atoms with E-state index in [9.17, 15) is 4.79 Å². The number of aryl methyl sites for hydroxylation is 1. The molecule has 1 atom stereocenters. The van der Waals surface area contributed by atoms with Gasteiger partial charge in [-0.05, 0) is 26.9 Å². The number of ether oxygens (including phenoxy) is 1. The van der Waals surface area contributed by atoms with Crippen molar-refractivity contribution in [2.45, 2.75) is 38.3 Å². The van der Waals surface area contributed by atoms with Crippen LogP contribution < -0.4 is 0 Å². The topological polar surface area (TPSA) is 50.6 Å². The largest absolute Gasteiger partial charge is 0.383 e. The number of hydrogen-bond acceptors (Lipinski definition) is 4. The number of nitrogens with zero attached hydrogens (tertiary/aromatic N) is 4. The molecular formula is C16H28N4O2. The summed E-state index contributed by atoms with van der Waals surface area (Å²) in [5.41, 5.74) is 0. The van der Waals surface area contributed by atoms with E-state index in [2.05, 4.69) is 28.5 Å². The molecular weight excluding hydrogens is 280 g/mol. The summed E-state index contributed by atoms with van der Waals surface area (Å²) in [4.78, 5) is 21.0. The van der Waals surface area contributed by atoms with Crippen LogP contribution in [0.5, 0.6) is 0 Å². The van der Waals surface area contributed by atoms with Gasteiger partial charge >= 0.3 is 0 Å². The van der Waals surface area contributed by atoms with E-state index in [1.165, 1.54) is 6.42 Å². The molecule has 6 heteroatoms. The molecule has 1 amide bonds. The molecule has 1 aromatic rings. The molecule has 2 rings (SSSR count). The Balaban J connectivity index is 1.83. The number of carbonyl (C=O) groups excluding carboxylic acids is 1. The number of carbonyl (C=O) groups is 1. The fourth-order valence-electron chi connectivity index (χ4n) is 2.94.